The monoisotopic (exact) mass is 228 g/mol. The molecule has 17 heavy (non-hydrogen) atoms. The minimum Gasteiger partial charge on any atom is -0.497 e. The van der Waals surface area contributed by atoms with Gasteiger partial charge in [0, 0.05) is 22.2 Å². The summed E-state index contributed by atoms with van der Waals surface area (Å²) in [4.78, 5) is 15.3. The molecule has 1 N–H and O–H groups in total. The summed E-state index contributed by atoms with van der Waals surface area (Å²) in [5.74, 6) is 0.634. The Morgan fingerprint density at radius 1 is 1.47 bits per heavy atom. The summed E-state index contributed by atoms with van der Waals surface area (Å²) in [6.07, 6.45) is 0.119. The van der Waals surface area contributed by atoms with E-state index in [0.717, 1.165) is 11.2 Å². The second-order valence-electron chi connectivity index (χ2n) is 3.80. The molecule has 0 aliphatic carbocycles. The van der Waals surface area contributed by atoms with Crippen LogP contribution < -0.4 is 10.2 Å². The summed E-state index contributed by atoms with van der Waals surface area (Å²) in [6.45, 7) is 1.80. The van der Waals surface area contributed by atoms with Crippen LogP contribution in [0.5, 0.6) is 5.75 Å². The molecule has 0 spiro atoms. The van der Waals surface area contributed by atoms with Gasteiger partial charge < -0.3 is 9.72 Å². The second-order valence-corrected chi connectivity index (χ2v) is 3.80. The van der Waals surface area contributed by atoms with Gasteiger partial charge in [0.2, 0.25) is 0 Å². The van der Waals surface area contributed by atoms with Gasteiger partial charge in [0.15, 0.2) is 5.43 Å². The smallest absolute Gasteiger partial charge is 0.194 e. The van der Waals surface area contributed by atoms with Crippen LogP contribution in [0.2, 0.25) is 0 Å². The lowest BCUT2D eigenvalue weighted by Crippen LogP contribution is -2.12. The van der Waals surface area contributed by atoms with Crippen molar-refractivity contribution in [2.45, 2.75) is 13.3 Å². The molecule has 0 fully saturated rings. The predicted octanol–water partition coefficient (Wildman–Crippen LogP) is 1.91. The molecule has 0 aliphatic rings. The fraction of sp³-hybridized carbons (Fsp3) is 0.231. The molecule has 0 radical (unpaired) electrons. The molecule has 0 unspecified atom stereocenters. The molecule has 1 heterocycles. The van der Waals surface area contributed by atoms with E-state index < -0.39 is 0 Å². The Hall–Kier alpha value is -2.28. The number of methoxy groups -OCH3 is 1. The van der Waals surface area contributed by atoms with Crippen LogP contribution in [0.25, 0.3) is 10.9 Å². The van der Waals surface area contributed by atoms with E-state index in [0.29, 0.717) is 16.7 Å². The summed E-state index contributed by atoms with van der Waals surface area (Å²) in [6, 6.07) is 7.29. The predicted molar refractivity (Wildman–Crippen MR) is 65.2 cm³/mol. The highest BCUT2D eigenvalue weighted by atomic mass is 16.5. The molecule has 4 heteroatoms. The molecule has 0 saturated carbocycles. The first-order chi connectivity index (χ1) is 8.17. The number of aryl methyl sites for hydroxylation is 1. The lowest BCUT2D eigenvalue weighted by Gasteiger charge is -2.06. The zero-order chi connectivity index (χ0) is 12.4. The molecular formula is C13H12N2O2. The number of rotatable bonds is 2. The van der Waals surface area contributed by atoms with E-state index in [2.05, 4.69) is 4.98 Å². The molecule has 0 saturated heterocycles. The Morgan fingerprint density at radius 2 is 2.24 bits per heavy atom. The number of hydrogen-bond acceptors (Lipinski definition) is 3. The van der Waals surface area contributed by atoms with Gasteiger partial charge in [-0.1, -0.05) is 0 Å². The number of nitrogens with zero attached hydrogens (tertiary/aromatic N) is 1. The van der Waals surface area contributed by atoms with Crippen LogP contribution in [0.15, 0.2) is 23.0 Å². The van der Waals surface area contributed by atoms with Gasteiger partial charge in [0.25, 0.3) is 0 Å². The topological polar surface area (TPSA) is 65.9 Å². The van der Waals surface area contributed by atoms with Crippen molar-refractivity contribution in [1.82, 2.24) is 4.98 Å². The number of hydrogen-bond donors (Lipinski definition) is 1. The molecule has 1 aromatic heterocycles. The average molecular weight is 228 g/mol. The SMILES string of the molecule is COc1ccc2[nH]c(C)c(CC#N)c(=O)c2c1. The van der Waals surface area contributed by atoms with Crippen LogP contribution in [-0.4, -0.2) is 12.1 Å². The summed E-state index contributed by atoms with van der Waals surface area (Å²) in [5.41, 5.74) is 1.93. The van der Waals surface area contributed by atoms with Crippen LogP contribution in [0.1, 0.15) is 11.3 Å². The number of aromatic amines is 1. The molecule has 0 aliphatic heterocycles. The molecule has 1 aromatic carbocycles. The fourth-order valence-electron chi connectivity index (χ4n) is 1.85. The zero-order valence-corrected chi connectivity index (χ0v) is 9.70. The fourth-order valence-corrected chi connectivity index (χ4v) is 1.85. The first-order valence-electron chi connectivity index (χ1n) is 5.24. The number of aromatic nitrogens is 1. The first-order valence-corrected chi connectivity index (χ1v) is 5.24. The largest absolute Gasteiger partial charge is 0.497 e. The van der Waals surface area contributed by atoms with E-state index in [4.69, 9.17) is 10.00 Å². The van der Waals surface area contributed by atoms with Gasteiger partial charge in [0.1, 0.15) is 5.75 Å². The Balaban J connectivity index is 2.80. The maximum absolute atomic E-state index is 12.2. The van der Waals surface area contributed by atoms with Gasteiger partial charge in [-0.3, -0.25) is 4.79 Å². The van der Waals surface area contributed by atoms with Crippen LogP contribution in [0.3, 0.4) is 0 Å². The van der Waals surface area contributed by atoms with E-state index in [1.807, 2.05) is 6.07 Å². The van der Waals surface area contributed by atoms with Crippen LogP contribution >= 0.6 is 0 Å². The maximum atomic E-state index is 12.2. The molecule has 2 rings (SSSR count). The molecule has 0 amide bonds. The van der Waals surface area contributed by atoms with Crippen LogP contribution in [0, 0.1) is 18.3 Å². The van der Waals surface area contributed by atoms with Crippen molar-refractivity contribution in [3.63, 3.8) is 0 Å². The molecular weight excluding hydrogens is 216 g/mol. The quantitative estimate of drug-likeness (QED) is 0.853. The molecule has 4 nitrogen and oxygen atoms in total. The third-order valence-corrected chi connectivity index (χ3v) is 2.78. The molecule has 0 bridgehead atoms. The number of fused-ring (bicyclic) bond motifs is 1. The van der Waals surface area contributed by atoms with Crippen molar-refractivity contribution in [1.29, 1.82) is 5.26 Å². The number of ether oxygens (including phenoxy) is 1. The average Bonchev–Trinajstić information content (AvgIpc) is 2.34. The summed E-state index contributed by atoms with van der Waals surface area (Å²) in [7, 11) is 1.56. The standard InChI is InChI=1S/C13H12N2O2/c1-8-10(5-6-14)13(16)11-7-9(17-2)3-4-12(11)15-8/h3-4,7H,5H2,1-2H3,(H,15,16). The summed E-state index contributed by atoms with van der Waals surface area (Å²) in [5, 5.41) is 9.27. The van der Waals surface area contributed by atoms with Crippen LogP contribution in [0.4, 0.5) is 0 Å². The van der Waals surface area contributed by atoms with E-state index in [1.54, 1.807) is 32.2 Å². The highest BCUT2D eigenvalue weighted by molar-refractivity contribution is 5.81. The van der Waals surface area contributed by atoms with E-state index in [1.165, 1.54) is 0 Å². The van der Waals surface area contributed by atoms with Crippen LogP contribution in [-0.2, 0) is 6.42 Å². The number of H-pyrrole nitrogens is 1. The lowest BCUT2D eigenvalue weighted by molar-refractivity contribution is 0.415. The highest BCUT2D eigenvalue weighted by Gasteiger charge is 2.09. The minimum absolute atomic E-state index is 0.100. The Kier molecular flexibility index (Phi) is 2.84. The Labute approximate surface area is 98.5 Å². The molecule has 86 valence electrons. The van der Waals surface area contributed by atoms with E-state index in [9.17, 15) is 4.79 Å². The van der Waals surface area contributed by atoms with E-state index in [-0.39, 0.29) is 11.8 Å². The summed E-state index contributed by atoms with van der Waals surface area (Å²) >= 11 is 0. The third kappa shape index (κ3) is 1.87. The van der Waals surface area contributed by atoms with Gasteiger partial charge in [-0.15, -0.1) is 0 Å². The maximum Gasteiger partial charge on any atom is 0.194 e. The van der Waals surface area contributed by atoms with Crippen molar-refractivity contribution in [2.24, 2.45) is 0 Å². The van der Waals surface area contributed by atoms with Crippen molar-refractivity contribution in [3.05, 3.63) is 39.7 Å². The van der Waals surface area contributed by atoms with Gasteiger partial charge >= 0.3 is 0 Å². The van der Waals surface area contributed by atoms with Crippen molar-refractivity contribution in [3.8, 4) is 11.8 Å². The molecule has 0 atom stereocenters. The lowest BCUT2D eigenvalue weighted by atomic mass is 10.1. The third-order valence-electron chi connectivity index (χ3n) is 2.78. The summed E-state index contributed by atoms with van der Waals surface area (Å²) < 4.78 is 5.09. The van der Waals surface area contributed by atoms with Crippen molar-refractivity contribution in [2.75, 3.05) is 7.11 Å². The first kappa shape index (κ1) is 11.2. The number of nitrogens with one attached hydrogen (secondary N) is 1. The minimum atomic E-state index is -0.100. The number of benzene rings is 1. The van der Waals surface area contributed by atoms with Gasteiger partial charge in [-0.05, 0) is 25.1 Å². The van der Waals surface area contributed by atoms with Gasteiger partial charge in [-0.2, -0.15) is 5.26 Å². The van der Waals surface area contributed by atoms with Gasteiger partial charge in [0.05, 0.1) is 19.6 Å². The van der Waals surface area contributed by atoms with Crippen molar-refractivity contribution >= 4 is 10.9 Å². The Morgan fingerprint density at radius 3 is 2.88 bits per heavy atom. The van der Waals surface area contributed by atoms with Crippen molar-refractivity contribution < 1.29 is 4.74 Å². The number of pyridine rings is 1. The van der Waals surface area contributed by atoms with E-state index >= 15 is 0 Å². The van der Waals surface area contributed by atoms with Gasteiger partial charge in [-0.25, -0.2) is 0 Å². The highest BCUT2D eigenvalue weighted by Crippen LogP contribution is 2.18. The Bertz CT molecular complexity index is 665. The second kappa shape index (κ2) is 4.30. The normalized spacial score (nSPS) is 10.2. The number of nitriles is 1. The zero-order valence-electron chi connectivity index (χ0n) is 9.70. The molecule has 2 aromatic rings.